The summed E-state index contributed by atoms with van der Waals surface area (Å²) in [6.45, 7) is 5.56. The Labute approximate surface area is 91.5 Å². The summed E-state index contributed by atoms with van der Waals surface area (Å²) < 4.78 is 0. The van der Waals surface area contributed by atoms with Crippen LogP contribution in [-0.4, -0.2) is 29.3 Å². The van der Waals surface area contributed by atoms with Crippen molar-refractivity contribution < 1.29 is 5.11 Å². The average molecular weight is 208 g/mol. The van der Waals surface area contributed by atoms with E-state index in [1.165, 1.54) is 0 Å². The van der Waals surface area contributed by atoms with Gasteiger partial charge in [0.05, 0.1) is 6.10 Å². The molecule has 0 aromatic carbocycles. The fourth-order valence-electron chi connectivity index (χ4n) is 1.25. The van der Waals surface area contributed by atoms with E-state index in [1.807, 2.05) is 32.0 Å². The van der Waals surface area contributed by atoms with Crippen molar-refractivity contribution in [2.45, 2.75) is 26.4 Å². The van der Waals surface area contributed by atoms with Crippen LogP contribution in [0.4, 0.5) is 0 Å². The van der Waals surface area contributed by atoms with Crippen LogP contribution in [0, 0.1) is 5.92 Å². The number of aromatic nitrogens is 1. The minimum Gasteiger partial charge on any atom is -0.392 e. The van der Waals surface area contributed by atoms with Crippen LogP contribution in [0.15, 0.2) is 24.4 Å². The summed E-state index contributed by atoms with van der Waals surface area (Å²) in [4.78, 5) is 4.23. The first-order valence-corrected chi connectivity index (χ1v) is 5.49. The van der Waals surface area contributed by atoms with E-state index in [4.69, 9.17) is 0 Å². The smallest absolute Gasteiger partial charge is 0.0687 e. The van der Waals surface area contributed by atoms with Gasteiger partial charge in [0.2, 0.25) is 0 Å². The van der Waals surface area contributed by atoms with Crippen molar-refractivity contribution in [1.82, 2.24) is 10.3 Å². The average Bonchev–Trinajstić information content (AvgIpc) is 2.25. The summed E-state index contributed by atoms with van der Waals surface area (Å²) >= 11 is 0. The van der Waals surface area contributed by atoms with Crippen LogP contribution < -0.4 is 5.32 Å². The predicted molar refractivity (Wildman–Crippen MR) is 61.7 cm³/mol. The van der Waals surface area contributed by atoms with Crippen LogP contribution in [0.5, 0.6) is 0 Å². The molecule has 0 aliphatic heterocycles. The molecular weight excluding hydrogens is 188 g/mol. The number of hydrogen-bond donors (Lipinski definition) is 2. The minimum atomic E-state index is -0.256. The first-order valence-electron chi connectivity index (χ1n) is 5.49. The lowest BCUT2D eigenvalue weighted by molar-refractivity contribution is 0.124. The molecule has 1 rings (SSSR count). The molecule has 15 heavy (non-hydrogen) atoms. The Bertz CT molecular complexity index is 262. The van der Waals surface area contributed by atoms with Crippen LogP contribution >= 0.6 is 0 Å². The molecule has 0 radical (unpaired) electrons. The Balaban J connectivity index is 2.12. The zero-order chi connectivity index (χ0) is 11.1. The molecule has 1 unspecified atom stereocenters. The molecule has 2 N–H and O–H groups in total. The summed E-state index contributed by atoms with van der Waals surface area (Å²) in [7, 11) is 0. The second-order valence-electron chi connectivity index (χ2n) is 4.09. The van der Waals surface area contributed by atoms with Gasteiger partial charge in [-0.15, -0.1) is 0 Å². The highest BCUT2D eigenvalue weighted by Gasteiger charge is 2.07. The second-order valence-corrected chi connectivity index (χ2v) is 4.09. The first kappa shape index (κ1) is 12.1. The maximum atomic E-state index is 9.55. The predicted octanol–water partition coefficient (Wildman–Crippen LogP) is 1.23. The molecule has 1 aromatic rings. The zero-order valence-corrected chi connectivity index (χ0v) is 9.48. The maximum absolute atomic E-state index is 9.55. The van der Waals surface area contributed by atoms with E-state index in [1.54, 1.807) is 6.20 Å². The summed E-state index contributed by atoms with van der Waals surface area (Å²) in [6, 6.07) is 5.92. The van der Waals surface area contributed by atoms with Gasteiger partial charge in [-0.2, -0.15) is 0 Å². The topological polar surface area (TPSA) is 45.1 Å². The van der Waals surface area contributed by atoms with Crippen molar-refractivity contribution in [3.63, 3.8) is 0 Å². The monoisotopic (exact) mass is 208 g/mol. The molecular formula is C12H20N2O. The summed E-state index contributed by atoms with van der Waals surface area (Å²) in [6.07, 6.45) is 2.46. The van der Waals surface area contributed by atoms with E-state index < -0.39 is 0 Å². The van der Waals surface area contributed by atoms with Gasteiger partial charge in [0.25, 0.3) is 0 Å². The fourth-order valence-corrected chi connectivity index (χ4v) is 1.25. The number of aliphatic hydroxyl groups excluding tert-OH is 1. The number of nitrogens with zero attached hydrogens (tertiary/aromatic N) is 1. The first-order chi connectivity index (χ1) is 7.20. The second kappa shape index (κ2) is 6.53. The van der Waals surface area contributed by atoms with E-state index in [0.29, 0.717) is 12.5 Å². The lowest BCUT2D eigenvalue weighted by Crippen LogP contribution is -2.31. The van der Waals surface area contributed by atoms with Crippen LogP contribution in [0.2, 0.25) is 0 Å². The van der Waals surface area contributed by atoms with Crippen molar-refractivity contribution >= 4 is 0 Å². The molecule has 0 spiro atoms. The molecule has 1 atom stereocenters. The number of pyridine rings is 1. The van der Waals surface area contributed by atoms with Crippen molar-refractivity contribution in [3.05, 3.63) is 30.1 Å². The molecule has 1 aromatic heterocycles. The Morgan fingerprint density at radius 3 is 2.80 bits per heavy atom. The van der Waals surface area contributed by atoms with E-state index in [-0.39, 0.29) is 6.10 Å². The van der Waals surface area contributed by atoms with Gasteiger partial charge in [-0.05, 0) is 18.1 Å². The Morgan fingerprint density at radius 2 is 2.20 bits per heavy atom. The number of hydrogen-bond acceptors (Lipinski definition) is 3. The highest BCUT2D eigenvalue weighted by molar-refractivity contribution is 5.03. The van der Waals surface area contributed by atoms with Gasteiger partial charge >= 0.3 is 0 Å². The Hall–Kier alpha value is -0.930. The molecule has 0 fully saturated rings. The van der Waals surface area contributed by atoms with E-state index in [2.05, 4.69) is 10.3 Å². The molecule has 1 heterocycles. The number of nitrogens with one attached hydrogen (secondary N) is 1. The molecule has 0 amide bonds. The van der Waals surface area contributed by atoms with Crippen molar-refractivity contribution in [2.75, 3.05) is 13.1 Å². The largest absolute Gasteiger partial charge is 0.392 e. The van der Waals surface area contributed by atoms with Crippen LogP contribution in [-0.2, 0) is 6.42 Å². The van der Waals surface area contributed by atoms with Crippen molar-refractivity contribution in [3.8, 4) is 0 Å². The molecule has 3 nitrogen and oxygen atoms in total. The lowest BCUT2D eigenvalue weighted by atomic mass is 10.1. The van der Waals surface area contributed by atoms with E-state index >= 15 is 0 Å². The van der Waals surface area contributed by atoms with Crippen molar-refractivity contribution in [1.29, 1.82) is 0 Å². The molecule has 0 saturated carbocycles. The van der Waals surface area contributed by atoms with Gasteiger partial charge < -0.3 is 10.4 Å². The molecule has 84 valence electrons. The van der Waals surface area contributed by atoms with Crippen LogP contribution in [0.1, 0.15) is 19.5 Å². The normalized spacial score (nSPS) is 13.1. The highest BCUT2D eigenvalue weighted by atomic mass is 16.3. The number of rotatable bonds is 6. The standard InChI is InChI=1S/C12H20N2O/c1-10(2)12(15)9-13-8-6-11-5-3-4-7-14-11/h3-5,7,10,12-13,15H,6,8-9H2,1-2H3. The van der Waals surface area contributed by atoms with Gasteiger partial charge in [0.1, 0.15) is 0 Å². The van der Waals surface area contributed by atoms with Gasteiger partial charge in [0, 0.05) is 31.4 Å². The lowest BCUT2D eigenvalue weighted by Gasteiger charge is -2.14. The molecule has 0 aliphatic rings. The van der Waals surface area contributed by atoms with E-state index in [0.717, 1.165) is 18.7 Å². The maximum Gasteiger partial charge on any atom is 0.0687 e. The van der Waals surface area contributed by atoms with E-state index in [9.17, 15) is 5.11 Å². The third kappa shape index (κ3) is 4.91. The molecule has 3 heteroatoms. The van der Waals surface area contributed by atoms with Gasteiger partial charge in [-0.25, -0.2) is 0 Å². The summed E-state index contributed by atoms with van der Waals surface area (Å²) in [5.41, 5.74) is 1.09. The van der Waals surface area contributed by atoms with Crippen LogP contribution in [0.3, 0.4) is 0 Å². The molecule has 0 aliphatic carbocycles. The third-order valence-electron chi connectivity index (χ3n) is 2.41. The summed E-state index contributed by atoms with van der Waals surface area (Å²) in [5.74, 6) is 0.312. The zero-order valence-electron chi connectivity index (χ0n) is 9.48. The third-order valence-corrected chi connectivity index (χ3v) is 2.41. The fraction of sp³-hybridized carbons (Fsp3) is 0.583. The van der Waals surface area contributed by atoms with Gasteiger partial charge in [-0.3, -0.25) is 4.98 Å². The molecule has 0 bridgehead atoms. The Morgan fingerprint density at radius 1 is 1.40 bits per heavy atom. The summed E-state index contributed by atoms with van der Waals surface area (Å²) in [5, 5.41) is 12.8. The minimum absolute atomic E-state index is 0.256. The Kier molecular flexibility index (Phi) is 5.29. The van der Waals surface area contributed by atoms with Gasteiger partial charge in [-0.1, -0.05) is 19.9 Å². The highest BCUT2D eigenvalue weighted by Crippen LogP contribution is 1.99. The van der Waals surface area contributed by atoms with Crippen LogP contribution in [0.25, 0.3) is 0 Å². The van der Waals surface area contributed by atoms with Crippen molar-refractivity contribution in [2.24, 2.45) is 5.92 Å². The number of aliphatic hydroxyl groups is 1. The quantitative estimate of drug-likeness (QED) is 0.691. The molecule has 0 saturated heterocycles. The SMILES string of the molecule is CC(C)C(O)CNCCc1ccccn1. The van der Waals surface area contributed by atoms with Gasteiger partial charge in [0.15, 0.2) is 0 Å².